The summed E-state index contributed by atoms with van der Waals surface area (Å²) in [7, 11) is 0. The largest absolute Gasteiger partial charge is 0.486 e. The van der Waals surface area contributed by atoms with Crippen LogP contribution in [0.1, 0.15) is 42.1 Å². The van der Waals surface area contributed by atoms with Crippen molar-refractivity contribution in [1.29, 1.82) is 0 Å². The number of allylic oxidation sites excluding steroid dienone is 3. The summed E-state index contributed by atoms with van der Waals surface area (Å²) in [5.41, 5.74) is 12.6. The van der Waals surface area contributed by atoms with Gasteiger partial charge in [-0.05, 0) is 69.2 Å². The Morgan fingerprint density at radius 1 is 1.17 bits per heavy atom. The molecule has 0 aliphatic carbocycles. The third-order valence-corrected chi connectivity index (χ3v) is 6.33. The van der Waals surface area contributed by atoms with Gasteiger partial charge in [0.1, 0.15) is 17.9 Å². The van der Waals surface area contributed by atoms with Crippen molar-refractivity contribution >= 4 is 33.8 Å². The van der Waals surface area contributed by atoms with Gasteiger partial charge in [0.15, 0.2) is 0 Å². The third kappa shape index (κ3) is 5.04. The fourth-order valence-electron chi connectivity index (χ4n) is 4.32. The third-order valence-electron chi connectivity index (χ3n) is 5.99. The lowest BCUT2D eigenvalue weighted by atomic mass is 9.95. The predicted molar refractivity (Wildman–Crippen MR) is 147 cm³/mol. The van der Waals surface area contributed by atoms with Crippen molar-refractivity contribution in [3.8, 4) is 5.75 Å². The van der Waals surface area contributed by atoms with Crippen molar-refractivity contribution in [3.63, 3.8) is 0 Å². The first-order valence-electron chi connectivity index (χ1n) is 11.6. The minimum Gasteiger partial charge on any atom is -0.486 e. The first kappa shape index (κ1) is 25.2. The quantitative estimate of drug-likeness (QED) is 0.303. The molecule has 184 valence electrons. The van der Waals surface area contributed by atoms with E-state index < -0.39 is 0 Å². The van der Waals surface area contributed by atoms with Gasteiger partial charge in [0, 0.05) is 28.5 Å². The molecule has 0 bridgehead atoms. The molecule has 0 atom stereocenters. The van der Waals surface area contributed by atoms with Gasteiger partial charge in [-0.1, -0.05) is 42.0 Å². The molecule has 2 N–H and O–H groups in total. The first-order chi connectivity index (χ1) is 17.2. The standard InChI is InChI=1S/C29H29ClN4O2/c1-6-20(17(2)3)22-13-18(4)33-28-21(22)9-7-11-27(28)36-16-23-24(30)14-19(5)32-26(23)15-34-12-8-10-25(31)29(34)35/h6-14H,2,15-16,31H2,1,3-5H3/b20-6+. The topological polar surface area (TPSA) is 83.0 Å². The summed E-state index contributed by atoms with van der Waals surface area (Å²) in [6.07, 6.45) is 3.74. The number of rotatable bonds is 7. The lowest BCUT2D eigenvalue weighted by Gasteiger charge is -2.17. The molecule has 4 rings (SSSR count). The molecule has 3 heterocycles. The Bertz CT molecular complexity index is 1570. The molecule has 0 saturated heterocycles. The van der Waals surface area contributed by atoms with Crippen LogP contribution >= 0.6 is 11.6 Å². The molecular weight excluding hydrogens is 472 g/mol. The molecule has 7 heteroatoms. The summed E-state index contributed by atoms with van der Waals surface area (Å²) < 4.78 is 7.82. The van der Waals surface area contributed by atoms with Crippen molar-refractivity contribution in [2.45, 2.75) is 40.8 Å². The Morgan fingerprint density at radius 2 is 1.92 bits per heavy atom. The number of nitrogens with zero attached hydrogens (tertiary/aromatic N) is 3. The van der Waals surface area contributed by atoms with Crippen LogP contribution in [0.3, 0.4) is 0 Å². The van der Waals surface area contributed by atoms with E-state index in [9.17, 15) is 4.79 Å². The molecule has 36 heavy (non-hydrogen) atoms. The van der Waals surface area contributed by atoms with Crippen LogP contribution in [0.5, 0.6) is 5.75 Å². The van der Waals surface area contributed by atoms with Crippen LogP contribution in [0.2, 0.25) is 5.02 Å². The minimum atomic E-state index is -0.276. The highest BCUT2D eigenvalue weighted by atomic mass is 35.5. The summed E-state index contributed by atoms with van der Waals surface area (Å²) in [5, 5.41) is 1.51. The van der Waals surface area contributed by atoms with Gasteiger partial charge < -0.3 is 15.0 Å². The van der Waals surface area contributed by atoms with Gasteiger partial charge in [0.2, 0.25) is 0 Å². The smallest absolute Gasteiger partial charge is 0.274 e. The number of ether oxygens (including phenoxy) is 1. The molecule has 4 aromatic rings. The Hall–Kier alpha value is -3.90. The molecule has 0 amide bonds. The van der Waals surface area contributed by atoms with Crippen molar-refractivity contribution in [2.24, 2.45) is 0 Å². The van der Waals surface area contributed by atoms with Gasteiger partial charge in [-0.3, -0.25) is 9.78 Å². The number of hydrogen-bond donors (Lipinski definition) is 1. The fourth-order valence-corrected chi connectivity index (χ4v) is 4.64. The van der Waals surface area contributed by atoms with E-state index in [1.54, 1.807) is 24.4 Å². The second-order valence-corrected chi connectivity index (χ2v) is 9.21. The van der Waals surface area contributed by atoms with Crippen molar-refractivity contribution in [2.75, 3.05) is 5.73 Å². The highest BCUT2D eigenvalue weighted by Gasteiger charge is 2.16. The van der Waals surface area contributed by atoms with Crippen molar-refractivity contribution in [1.82, 2.24) is 14.5 Å². The molecule has 1 aromatic carbocycles. The number of pyridine rings is 3. The maximum atomic E-state index is 12.5. The molecule has 0 saturated carbocycles. The van der Waals surface area contributed by atoms with Crippen LogP contribution < -0.4 is 16.0 Å². The summed E-state index contributed by atoms with van der Waals surface area (Å²) in [6.45, 7) is 12.4. The number of aromatic nitrogens is 3. The zero-order chi connectivity index (χ0) is 26.0. The van der Waals surface area contributed by atoms with Gasteiger partial charge >= 0.3 is 0 Å². The highest BCUT2D eigenvalue weighted by Crippen LogP contribution is 2.34. The lowest BCUT2D eigenvalue weighted by molar-refractivity contribution is 0.307. The Morgan fingerprint density at radius 3 is 2.64 bits per heavy atom. The maximum Gasteiger partial charge on any atom is 0.274 e. The summed E-state index contributed by atoms with van der Waals surface area (Å²) in [5.74, 6) is 0.637. The predicted octanol–water partition coefficient (Wildman–Crippen LogP) is 6.25. The van der Waals surface area contributed by atoms with E-state index in [0.717, 1.165) is 39.0 Å². The van der Waals surface area contributed by atoms with Gasteiger partial charge in [-0.25, -0.2) is 4.98 Å². The number of fused-ring (bicyclic) bond motifs is 1. The summed E-state index contributed by atoms with van der Waals surface area (Å²) in [6, 6.07) is 13.1. The Balaban J connectivity index is 1.74. The second-order valence-electron chi connectivity index (χ2n) is 8.80. The van der Waals surface area contributed by atoms with Crippen molar-refractivity contribution in [3.05, 3.63) is 110 Å². The van der Waals surface area contributed by atoms with Gasteiger partial charge in [-0.15, -0.1) is 0 Å². The molecule has 0 spiro atoms. The molecule has 0 aliphatic heterocycles. The zero-order valence-corrected chi connectivity index (χ0v) is 21.7. The molecule has 6 nitrogen and oxygen atoms in total. The number of hydrogen-bond acceptors (Lipinski definition) is 5. The number of para-hydroxylation sites is 1. The molecule has 3 aromatic heterocycles. The maximum absolute atomic E-state index is 12.5. The normalized spacial score (nSPS) is 11.6. The molecule has 0 aliphatic rings. The van der Waals surface area contributed by atoms with E-state index >= 15 is 0 Å². The first-order valence-corrected chi connectivity index (χ1v) is 12.0. The fraction of sp³-hybridized carbons (Fsp3) is 0.207. The number of aryl methyl sites for hydroxylation is 2. The molecular formula is C29H29ClN4O2. The average molecular weight is 501 g/mol. The van der Waals surface area contributed by atoms with E-state index in [2.05, 4.69) is 23.7 Å². The van der Waals surface area contributed by atoms with Gasteiger partial charge in [0.25, 0.3) is 5.56 Å². The zero-order valence-electron chi connectivity index (χ0n) is 20.9. The van der Waals surface area contributed by atoms with Crippen LogP contribution in [0.25, 0.3) is 16.5 Å². The van der Waals surface area contributed by atoms with E-state index in [1.165, 1.54) is 4.57 Å². The SMILES string of the molecule is C=C(C)/C(=C\C)c1cc(C)nc2c(OCc3c(Cl)cc(C)nc3Cn3cccc(N)c3=O)cccc12. The Labute approximate surface area is 215 Å². The van der Waals surface area contributed by atoms with Crippen LogP contribution in [-0.2, 0) is 13.2 Å². The Kier molecular flexibility index (Phi) is 7.27. The average Bonchev–Trinajstić information content (AvgIpc) is 2.81. The van der Waals surface area contributed by atoms with Crippen LogP contribution in [-0.4, -0.2) is 14.5 Å². The van der Waals surface area contributed by atoms with E-state index in [4.69, 9.17) is 27.1 Å². The number of nitrogens with two attached hydrogens (primary N) is 1. The second kappa shape index (κ2) is 10.4. The van der Waals surface area contributed by atoms with Crippen LogP contribution in [0.15, 0.2) is 71.7 Å². The van der Waals surface area contributed by atoms with Crippen molar-refractivity contribution < 1.29 is 4.74 Å². The van der Waals surface area contributed by atoms with Crippen LogP contribution in [0, 0.1) is 13.8 Å². The lowest BCUT2D eigenvalue weighted by Crippen LogP contribution is -2.23. The van der Waals surface area contributed by atoms with Gasteiger partial charge in [-0.2, -0.15) is 0 Å². The molecule has 0 unspecified atom stereocenters. The molecule has 0 fully saturated rings. The minimum absolute atomic E-state index is 0.166. The number of nitrogen functional groups attached to an aromatic ring is 1. The van der Waals surface area contributed by atoms with Crippen LogP contribution in [0.4, 0.5) is 5.69 Å². The van der Waals surface area contributed by atoms with E-state index in [1.807, 2.05) is 45.9 Å². The highest BCUT2D eigenvalue weighted by molar-refractivity contribution is 6.31. The van der Waals surface area contributed by atoms with E-state index in [-0.39, 0.29) is 24.4 Å². The number of anilines is 1. The number of benzene rings is 1. The monoisotopic (exact) mass is 500 g/mol. The molecule has 0 radical (unpaired) electrons. The summed E-state index contributed by atoms with van der Waals surface area (Å²) >= 11 is 6.64. The summed E-state index contributed by atoms with van der Waals surface area (Å²) in [4.78, 5) is 21.9. The van der Waals surface area contributed by atoms with E-state index in [0.29, 0.717) is 22.0 Å². The number of halogens is 1. The van der Waals surface area contributed by atoms with Gasteiger partial charge in [0.05, 0.1) is 22.9 Å².